The zero-order valence-electron chi connectivity index (χ0n) is 13.8. The summed E-state index contributed by atoms with van der Waals surface area (Å²) < 4.78 is 16.6. The Morgan fingerprint density at radius 1 is 0.952 bits per heavy atom. The van der Waals surface area contributed by atoms with Gasteiger partial charge in [0.25, 0.3) is 0 Å². The molecule has 0 saturated carbocycles. The highest BCUT2D eigenvalue weighted by Crippen LogP contribution is 2.27. The first-order valence-corrected chi connectivity index (χ1v) is 7.43. The van der Waals surface area contributed by atoms with Gasteiger partial charge in [0, 0.05) is 11.6 Å². The third kappa shape index (κ3) is 6.52. The zero-order valence-corrected chi connectivity index (χ0v) is 13.8. The average molecular weight is 294 g/mol. The molecule has 0 saturated heterocycles. The maximum atomic E-state index is 11.8. The van der Waals surface area contributed by atoms with Crippen molar-refractivity contribution in [3.63, 3.8) is 0 Å². The lowest BCUT2D eigenvalue weighted by molar-refractivity contribution is -0.146. The molecule has 0 atom stereocenters. The minimum Gasteiger partial charge on any atom is -0.491 e. The number of esters is 1. The molecule has 21 heavy (non-hydrogen) atoms. The molecule has 0 unspecified atom stereocenters. The van der Waals surface area contributed by atoms with Crippen molar-refractivity contribution in [2.24, 2.45) is 0 Å². The normalized spacial score (nSPS) is 11.1. The van der Waals surface area contributed by atoms with Crippen LogP contribution in [0.1, 0.15) is 47.1 Å². The molecule has 0 aliphatic heterocycles. The number of rotatable bonds is 7. The monoisotopic (exact) mass is 294 g/mol. The quantitative estimate of drug-likeness (QED) is 0.718. The minimum atomic E-state index is -0.254. The first-order chi connectivity index (χ1) is 9.77. The van der Waals surface area contributed by atoms with Crippen LogP contribution in [0.4, 0.5) is 0 Å². The molecule has 0 fully saturated rings. The second-order valence-corrected chi connectivity index (χ2v) is 5.82. The Morgan fingerprint density at radius 3 is 2.10 bits per heavy atom. The Morgan fingerprint density at radius 2 is 1.57 bits per heavy atom. The van der Waals surface area contributed by atoms with Gasteiger partial charge in [-0.05, 0) is 47.6 Å². The van der Waals surface area contributed by atoms with Gasteiger partial charge in [-0.15, -0.1) is 0 Å². The Balaban J connectivity index is 2.93. The van der Waals surface area contributed by atoms with E-state index in [1.807, 2.05) is 59.7 Å². The summed E-state index contributed by atoms with van der Waals surface area (Å²) in [6, 6.07) is 5.54. The van der Waals surface area contributed by atoms with E-state index in [2.05, 4.69) is 0 Å². The van der Waals surface area contributed by atoms with Crippen LogP contribution in [0, 0.1) is 0 Å². The Hall–Kier alpha value is -1.71. The molecule has 1 aromatic carbocycles. The van der Waals surface area contributed by atoms with E-state index in [4.69, 9.17) is 14.2 Å². The number of ether oxygens (including phenoxy) is 3. The Bertz CT molecular complexity index is 464. The molecule has 0 aliphatic carbocycles. The van der Waals surface area contributed by atoms with Crippen LogP contribution < -0.4 is 9.47 Å². The fraction of sp³-hybridized carbons (Fsp3) is 0.588. The lowest BCUT2D eigenvalue weighted by atomic mass is 10.1. The van der Waals surface area contributed by atoms with Gasteiger partial charge in [0.15, 0.2) is 0 Å². The fourth-order valence-corrected chi connectivity index (χ4v) is 1.85. The first kappa shape index (κ1) is 17.3. The summed E-state index contributed by atoms with van der Waals surface area (Å²) in [6.07, 6.45) is 0.200. The molecule has 4 heteroatoms. The molecule has 0 bridgehead atoms. The Kier molecular flexibility index (Phi) is 6.53. The summed E-state index contributed by atoms with van der Waals surface area (Å²) in [7, 11) is 0. The predicted molar refractivity (Wildman–Crippen MR) is 82.9 cm³/mol. The van der Waals surface area contributed by atoms with Gasteiger partial charge >= 0.3 is 5.97 Å². The topological polar surface area (TPSA) is 44.8 Å². The molecule has 0 N–H and O–H groups in total. The van der Waals surface area contributed by atoms with E-state index in [1.165, 1.54) is 0 Å². The maximum Gasteiger partial charge on any atom is 0.310 e. The second-order valence-electron chi connectivity index (χ2n) is 5.82. The van der Waals surface area contributed by atoms with Gasteiger partial charge in [-0.1, -0.05) is 6.07 Å². The van der Waals surface area contributed by atoms with Crippen molar-refractivity contribution in [2.45, 2.75) is 66.3 Å². The SMILES string of the molecule is CC(C)OC(=O)Cc1ccc(OC(C)C)cc1OC(C)C. The smallest absolute Gasteiger partial charge is 0.310 e. The van der Waals surface area contributed by atoms with Gasteiger partial charge in [0.1, 0.15) is 11.5 Å². The molecular formula is C17H26O4. The van der Waals surface area contributed by atoms with Crippen molar-refractivity contribution in [3.8, 4) is 11.5 Å². The van der Waals surface area contributed by atoms with Crippen molar-refractivity contribution < 1.29 is 19.0 Å². The highest BCUT2D eigenvalue weighted by molar-refractivity contribution is 5.74. The van der Waals surface area contributed by atoms with Gasteiger partial charge in [-0.2, -0.15) is 0 Å². The maximum absolute atomic E-state index is 11.8. The molecule has 0 aromatic heterocycles. The van der Waals surface area contributed by atoms with Crippen LogP contribution in [-0.2, 0) is 16.0 Å². The van der Waals surface area contributed by atoms with Gasteiger partial charge < -0.3 is 14.2 Å². The summed E-state index contributed by atoms with van der Waals surface area (Å²) in [5.41, 5.74) is 0.811. The van der Waals surface area contributed by atoms with Gasteiger partial charge in [-0.25, -0.2) is 0 Å². The highest BCUT2D eigenvalue weighted by atomic mass is 16.5. The molecule has 0 aliphatic rings. The zero-order chi connectivity index (χ0) is 16.0. The van der Waals surface area contributed by atoms with Crippen LogP contribution in [0.2, 0.25) is 0 Å². The lowest BCUT2D eigenvalue weighted by Gasteiger charge is -2.17. The van der Waals surface area contributed by atoms with E-state index in [1.54, 1.807) is 0 Å². The van der Waals surface area contributed by atoms with Crippen molar-refractivity contribution in [1.29, 1.82) is 0 Å². The molecule has 0 radical (unpaired) electrons. The second kappa shape index (κ2) is 7.91. The summed E-state index contributed by atoms with van der Waals surface area (Å²) in [5.74, 6) is 1.15. The standard InChI is InChI=1S/C17H26O4/c1-11(2)19-15-8-7-14(9-17(18)21-13(5)6)16(10-15)20-12(3)4/h7-8,10-13H,9H2,1-6H3. The summed E-state index contributed by atoms with van der Waals surface area (Å²) in [4.78, 5) is 11.8. The average Bonchev–Trinajstić information content (AvgIpc) is 2.29. The molecule has 0 spiro atoms. The number of carbonyl (C=O) groups is 1. The van der Waals surface area contributed by atoms with Crippen LogP contribution in [-0.4, -0.2) is 24.3 Å². The highest BCUT2D eigenvalue weighted by Gasteiger charge is 2.14. The molecule has 0 heterocycles. The van der Waals surface area contributed by atoms with Crippen LogP contribution in [0.15, 0.2) is 18.2 Å². The van der Waals surface area contributed by atoms with Crippen LogP contribution >= 0.6 is 0 Å². The van der Waals surface area contributed by atoms with Crippen LogP contribution in [0.5, 0.6) is 11.5 Å². The molecule has 118 valence electrons. The van der Waals surface area contributed by atoms with Crippen LogP contribution in [0.3, 0.4) is 0 Å². The van der Waals surface area contributed by atoms with Crippen molar-refractivity contribution in [1.82, 2.24) is 0 Å². The molecular weight excluding hydrogens is 268 g/mol. The molecule has 1 rings (SSSR count). The predicted octanol–water partition coefficient (Wildman–Crippen LogP) is 3.76. The van der Waals surface area contributed by atoms with Crippen molar-refractivity contribution in [2.75, 3.05) is 0 Å². The van der Waals surface area contributed by atoms with Gasteiger partial charge in [0.2, 0.25) is 0 Å². The summed E-state index contributed by atoms with van der Waals surface area (Å²) in [5, 5.41) is 0. The van der Waals surface area contributed by atoms with Crippen molar-refractivity contribution >= 4 is 5.97 Å². The van der Waals surface area contributed by atoms with E-state index >= 15 is 0 Å². The van der Waals surface area contributed by atoms with Crippen LogP contribution in [0.25, 0.3) is 0 Å². The van der Waals surface area contributed by atoms with Gasteiger partial charge in [-0.3, -0.25) is 4.79 Å². The van der Waals surface area contributed by atoms with E-state index in [0.29, 0.717) is 5.75 Å². The molecule has 1 aromatic rings. The summed E-state index contributed by atoms with van der Waals surface area (Å²) in [6.45, 7) is 11.5. The van der Waals surface area contributed by atoms with E-state index in [9.17, 15) is 4.79 Å². The third-order valence-corrected chi connectivity index (χ3v) is 2.48. The Labute approximate surface area is 127 Å². The first-order valence-electron chi connectivity index (χ1n) is 7.43. The van der Waals surface area contributed by atoms with E-state index < -0.39 is 0 Å². The number of benzene rings is 1. The molecule has 0 amide bonds. The minimum absolute atomic E-state index is 0.0270. The number of hydrogen-bond acceptors (Lipinski definition) is 4. The molecule has 4 nitrogen and oxygen atoms in total. The lowest BCUT2D eigenvalue weighted by Crippen LogP contribution is -2.15. The van der Waals surface area contributed by atoms with Crippen molar-refractivity contribution in [3.05, 3.63) is 23.8 Å². The third-order valence-electron chi connectivity index (χ3n) is 2.48. The largest absolute Gasteiger partial charge is 0.491 e. The summed E-state index contributed by atoms with van der Waals surface area (Å²) >= 11 is 0. The fourth-order valence-electron chi connectivity index (χ4n) is 1.85. The van der Waals surface area contributed by atoms with E-state index in [-0.39, 0.29) is 30.7 Å². The number of carbonyl (C=O) groups excluding carboxylic acids is 1. The van der Waals surface area contributed by atoms with E-state index in [0.717, 1.165) is 11.3 Å². The van der Waals surface area contributed by atoms with Gasteiger partial charge in [0.05, 0.1) is 24.7 Å². The number of hydrogen-bond donors (Lipinski definition) is 0.